The van der Waals surface area contributed by atoms with Gasteiger partial charge in [-0.25, -0.2) is 9.97 Å². The van der Waals surface area contributed by atoms with E-state index in [9.17, 15) is 0 Å². The van der Waals surface area contributed by atoms with E-state index in [0.29, 0.717) is 5.82 Å². The van der Waals surface area contributed by atoms with Gasteiger partial charge in [-0.05, 0) is 115 Å². The minimum Gasteiger partial charge on any atom is -0.311 e. The zero-order chi connectivity index (χ0) is 41.7. The molecule has 2 aliphatic rings. The first kappa shape index (κ1) is 36.6. The number of hydrogen-bond donors (Lipinski definition) is 0. The smallest absolute Gasteiger partial charge is 0.252 e. The van der Waals surface area contributed by atoms with Crippen molar-refractivity contribution >= 4 is 57.2 Å². The van der Waals surface area contributed by atoms with Gasteiger partial charge in [-0.1, -0.05) is 170 Å². The predicted octanol–water partition coefficient (Wildman–Crippen LogP) is 12.9. The summed E-state index contributed by atoms with van der Waals surface area (Å²) in [5, 5.41) is 0. The van der Waals surface area contributed by atoms with Crippen LogP contribution in [0.25, 0.3) is 55.9 Å². The maximum Gasteiger partial charge on any atom is 0.252 e. The summed E-state index contributed by atoms with van der Waals surface area (Å²) >= 11 is 0. The van der Waals surface area contributed by atoms with Crippen molar-refractivity contribution in [1.82, 2.24) is 9.97 Å². The Morgan fingerprint density at radius 1 is 0.286 bits per heavy atom. The van der Waals surface area contributed by atoms with Gasteiger partial charge in [0.2, 0.25) is 0 Å². The number of anilines is 6. The van der Waals surface area contributed by atoms with Crippen molar-refractivity contribution in [2.75, 3.05) is 9.80 Å². The van der Waals surface area contributed by atoms with E-state index in [1.165, 1.54) is 60.9 Å². The lowest BCUT2D eigenvalue weighted by Gasteiger charge is -2.44. The summed E-state index contributed by atoms with van der Waals surface area (Å²) in [6.45, 7) is -0.0555. The van der Waals surface area contributed by atoms with Crippen LogP contribution >= 0.6 is 0 Å². The molecule has 294 valence electrons. The molecule has 2 aliphatic heterocycles. The summed E-state index contributed by atoms with van der Waals surface area (Å²) in [6.07, 6.45) is 3.66. The molecule has 4 nitrogen and oxygen atoms in total. The lowest BCUT2D eigenvalue weighted by molar-refractivity contribution is 1.17. The second-order valence-electron chi connectivity index (χ2n) is 16.2. The molecule has 0 atom stereocenters. The third kappa shape index (κ3) is 6.41. The lowest BCUT2D eigenvalue weighted by Crippen LogP contribution is -2.61. The van der Waals surface area contributed by atoms with Gasteiger partial charge in [-0.2, -0.15) is 0 Å². The van der Waals surface area contributed by atoms with E-state index in [-0.39, 0.29) is 6.71 Å². The number of aromatic nitrogens is 2. The number of nitrogens with zero attached hydrogens (tertiary/aromatic N) is 4. The molecule has 1 aromatic heterocycles. The Hall–Kier alpha value is -8.28. The van der Waals surface area contributed by atoms with Gasteiger partial charge < -0.3 is 9.80 Å². The van der Waals surface area contributed by atoms with E-state index >= 15 is 0 Å². The second kappa shape index (κ2) is 15.3. The second-order valence-corrected chi connectivity index (χ2v) is 16.2. The fraction of sp³-hybridized carbons (Fsp3) is 0. The maximum absolute atomic E-state index is 4.84. The summed E-state index contributed by atoms with van der Waals surface area (Å²) in [5.74, 6) is 0.680. The number of hydrogen-bond acceptors (Lipinski definition) is 4. The maximum atomic E-state index is 4.84. The SMILES string of the molecule is c1ccc(-c2ccc(N3c4cc(-c5ccccc5)ccc4B4c5ccc(-c6ccccc6)cc5N(c5ccc(-c6ccccc6)cc5)c5cc(-c6ncccn6)cc3c54)cc2)cc1. The van der Waals surface area contributed by atoms with Gasteiger partial charge in [-0.3, -0.25) is 0 Å². The van der Waals surface area contributed by atoms with E-state index < -0.39 is 0 Å². The highest BCUT2D eigenvalue weighted by Gasteiger charge is 2.44. The van der Waals surface area contributed by atoms with Crippen LogP contribution in [0, 0.1) is 0 Å². The standard InChI is InChI=1S/C58H39BN4/c1-5-14-40(15-6-1)44-22-28-49(29-23-44)62-53-36-46(42-18-9-3-10-19-42)26-32-51(53)59-52-33-27-47(43-20-11-4-12-21-43)37-54(52)63(50-30-24-45(25-31-50)41-16-7-2-8-17-41)56-39-48(38-55(62)57(56)59)58-60-34-13-35-61-58/h1-39H. The van der Waals surface area contributed by atoms with Crippen LogP contribution in [-0.2, 0) is 0 Å². The lowest BCUT2D eigenvalue weighted by atomic mass is 9.33. The fourth-order valence-corrected chi connectivity index (χ4v) is 9.61. The van der Waals surface area contributed by atoms with Crippen molar-refractivity contribution < 1.29 is 0 Å². The zero-order valence-corrected chi connectivity index (χ0v) is 34.4. The number of rotatable bonds is 7. The molecule has 10 aromatic rings. The first-order chi connectivity index (χ1) is 31.2. The minimum atomic E-state index is -0.0555. The Labute approximate surface area is 368 Å². The molecule has 0 spiro atoms. The monoisotopic (exact) mass is 802 g/mol. The van der Waals surface area contributed by atoms with E-state index in [1.54, 1.807) is 0 Å². The van der Waals surface area contributed by atoms with Crippen molar-refractivity contribution in [3.8, 4) is 55.9 Å². The predicted molar refractivity (Wildman–Crippen MR) is 263 cm³/mol. The summed E-state index contributed by atoms with van der Waals surface area (Å²) < 4.78 is 0. The number of fused-ring (bicyclic) bond motifs is 4. The van der Waals surface area contributed by atoms with Gasteiger partial charge in [0.25, 0.3) is 6.71 Å². The van der Waals surface area contributed by atoms with Gasteiger partial charge in [0.15, 0.2) is 5.82 Å². The Morgan fingerprint density at radius 2 is 0.619 bits per heavy atom. The average molecular weight is 803 g/mol. The van der Waals surface area contributed by atoms with Crippen LogP contribution in [0.15, 0.2) is 237 Å². The molecular formula is C58H39BN4. The molecular weight excluding hydrogens is 763 g/mol. The van der Waals surface area contributed by atoms with Gasteiger partial charge in [0, 0.05) is 52.1 Å². The zero-order valence-electron chi connectivity index (χ0n) is 34.4. The van der Waals surface area contributed by atoms with E-state index in [4.69, 9.17) is 9.97 Å². The highest BCUT2D eigenvalue weighted by molar-refractivity contribution is 7.00. The summed E-state index contributed by atoms with van der Waals surface area (Å²) in [5.41, 5.74) is 20.8. The Bertz CT molecular complexity index is 3050. The van der Waals surface area contributed by atoms with Crippen molar-refractivity contribution in [2.24, 2.45) is 0 Å². The molecule has 9 aromatic carbocycles. The molecule has 3 heterocycles. The molecule has 0 unspecified atom stereocenters. The first-order valence-corrected chi connectivity index (χ1v) is 21.5. The van der Waals surface area contributed by atoms with Crippen LogP contribution in [0.3, 0.4) is 0 Å². The Morgan fingerprint density at radius 3 is 1.02 bits per heavy atom. The summed E-state index contributed by atoms with van der Waals surface area (Å²) in [6, 6.07) is 81.3. The van der Waals surface area contributed by atoms with Crippen LogP contribution in [-0.4, -0.2) is 16.7 Å². The fourth-order valence-electron chi connectivity index (χ4n) is 9.61. The molecule has 0 saturated carbocycles. The van der Waals surface area contributed by atoms with Crippen molar-refractivity contribution in [2.45, 2.75) is 0 Å². The molecule has 0 N–H and O–H groups in total. The normalized spacial score (nSPS) is 12.3. The van der Waals surface area contributed by atoms with Gasteiger partial charge in [0.1, 0.15) is 0 Å². The third-order valence-electron chi connectivity index (χ3n) is 12.6. The summed E-state index contributed by atoms with van der Waals surface area (Å²) in [7, 11) is 0. The van der Waals surface area contributed by atoms with Crippen LogP contribution in [0.4, 0.5) is 34.1 Å². The summed E-state index contributed by atoms with van der Waals surface area (Å²) in [4.78, 5) is 14.6. The molecule has 0 fully saturated rings. The van der Waals surface area contributed by atoms with Crippen LogP contribution in [0.2, 0.25) is 0 Å². The Balaban J connectivity index is 1.14. The van der Waals surface area contributed by atoms with Crippen molar-refractivity contribution in [3.63, 3.8) is 0 Å². The van der Waals surface area contributed by atoms with Crippen molar-refractivity contribution in [3.05, 3.63) is 237 Å². The number of benzene rings is 9. The van der Waals surface area contributed by atoms with Crippen molar-refractivity contribution in [1.29, 1.82) is 0 Å². The quantitative estimate of drug-likeness (QED) is 0.150. The highest BCUT2D eigenvalue weighted by atomic mass is 15.2. The molecule has 0 saturated heterocycles. The molecule has 63 heavy (non-hydrogen) atoms. The van der Waals surface area contributed by atoms with E-state index in [1.807, 2.05) is 18.5 Å². The van der Waals surface area contributed by atoms with Gasteiger partial charge >= 0.3 is 0 Å². The molecule has 0 bridgehead atoms. The molecule has 0 aliphatic carbocycles. The third-order valence-corrected chi connectivity index (χ3v) is 12.6. The van der Waals surface area contributed by atoms with Crippen LogP contribution in [0.5, 0.6) is 0 Å². The first-order valence-electron chi connectivity index (χ1n) is 21.5. The molecule has 5 heteroatoms. The topological polar surface area (TPSA) is 32.3 Å². The molecule has 0 radical (unpaired) electrons. The van der Waals surface area contributed by atoms with Gasteiger partial charge in [0.05, 0.1) is 0 Å². The molecule has 0 amide bonds. The Kier molecular flexibility index (Phi) is 8.89. The largest absolute Gasteiger partial charge is 0.311 e. The van der Waals surface area contributed by atoms with E-state index in [0.717, 1.165) is 39.7 Å². The minimum absolute atomic E-state index is 0.0555. The van der Waals surface area contributed by atoms with E-state index in [2.05, 4.69) is 228 Å². The van der Waals surface area contributed by atoms with Gasteiger partial charge in [-0.15, -0.1) is 0 Å². The van der Waals surface area contributed by atoms with Crippen LogP contribution in [0.1, 0.15) is 0 Å². The average Bonchev–Trinajstić information content (AvgIpc) is 3.37. The van der Waals surface area contributed by atoms with Crippen LogP contribution < -0.4 is 26.2 Å². The highest BCUT2D eigenvalue weighted by Crippen LogP contribution is 2.47. The molecule has 12 rings (SSSR count).